The predicted octanol–water partition coefficient (Wildman–Crippen LogP) is 3.42. The lowest BCUT2D eigenvalue weighted by Gasteiger charge is -2.28. The molecule has 1 unspecified atom stereocenters. The lowest BCUT2D eigenvalue weighted by Crippen LogP contribution is -2.40. The lowest BCUT2D eigenvalue weighted by molar-refractivity contribution is -0.132. The van der Waals surface area contributed by atoms with E-state index in [-0.39, 0.29) is 23.9 Å². The van der Waals surface area contributed by atoms with E-state index < -0.39 is 5.97 Å². The summed E-state index contributed by atoms with van der Waals surface area (Å²) in [6, 6.07) is 14.4. The largest absolute Gasteiger partial charge is 0.497 e. The molecule has 1 N–H and O–H groups in total. The first-order valence-corrected chi connectivity index (χ1v) is 8.69. The third kappa shape index (κ3) is 5.09. The van der Waals surface area contributed by atoms with Crippen LogP contribution in [0.25, 0.3) is 0 Å². The maximum Gasteiger partial charge on any atom is 0.335 e. The van der Waals surface area contributed by atoms with Gasteiger partial charge in [-0.2, -0.15) is 0 Å². The van der Waals surface area contributed by atoms with E-state index in [0.717, 1.165) is 17.7 Å². The number of amides is 1. The highest BCUT2D eigenvalue weighted by atomic mass is 16.5. The maximum atomic E-state index is 12.7. The molecule has 5 nitrogen and oxygen atoms in total. The topological polar surface area (TPSA) is 66.8 Å². The molecule has 0 spiro atoms. The second-order valence-electron chi connectivity index (χ2n) is 6.26. The Morgan fingerprint density at radius 2 is 1.81 bits per heavy atom. The van der Waals surface area contributed by atoms with Gasteiger partial charge in [0.25, 0.3) is 0 Å². The fraction of sp³-hybridized carbons (Fsp3) is 0.333. The van der Waals surface area contributed by atoms with Gasteiger partial charge in [-0.1, -0.05) is 24.3 Å². The quantitative estimate of drug-likeness (QED) is 0.788. The van der Waals surface area contributed by atoms with Crippen LogP contribution in [0.2, 0.25) is 0 Å². The van der Waals surface area contributed by atoms with Gasteiger partial charge in [-0.3, -0.25) is 4.79 Å². The first kappa shape index (κ1) is 19.5. The third-order valence-corrected chi connectivity index (χ3v) is 4.41. The zero-order valence-electron chi connectivity index (χ0n) is 15.4. The molecule has 0 aliphatic rings. The van der Waals surface area contributed by atoms with Gasteiger partial charge in [0.15, 0.2) is 0 Å². The number of nitrogens with zero attached hydrogens (tertiary/aromatic N) is 1. The first-order chi connectivity index (χ1) is 12.4. The number of carboxylic acids is 1. The van der Waals surface area contributed by atoms with Gasteiger partial charge in [0.1, 0.15) is 5.75 Å². The normalized spacial score (nSPS) is 11.7. The Bertz CT molecular complexity index is 755. The highest BCUT2D eigenvalue weighted by Gasteiger charge is 2.19. The van der Waals surface area contributed by atoms with Crippen molar-refractivity contribution in [3.8, 4) is 5.75 Å². The molecule has 0 saturated carbocycles. The van der Waals surface area contributed by atoms with Crippen molar-refractivity contribution in [3.05, 3.63) is 65.2 Å². The van der Waals surface area contributed by atoms with Gasteiger partial charge < -0.3 is 14.7 Å². The number of carbonyl (C=O) groups is 2. The van der Waals surface area contributed by atoms with Crippen LogP contribution in [0.1, 0.15) is 35.3 Å². The molecule has 1 atom stereocenters. The number of hydrogen-bond donors (Lipinski definition) is 1. The van der Waals surface area contributed by atoms with Crippen LogP contribution in [0.15, 0.2) is 48.5 Å². The minimum Gasteiger partial charge on any atom is -0.497 e. The second-order valence-corrected chi connectivity index (χ2v) is 6.26. The fourth-order valence-corrected chi connectivity index (χ4v) is 3.04. The molecule has 0 heterocycles. The molecule has 0 bridgehead atoms. The molecule has 0 fully saturated rings. The van der Waals surface area contributed by atoms with Crippen molar-refractivity contribution >= 4 is 11.9 Å². The van der Waals surface area contributed by atoms with Gasteiger partial charge >= 0.3 is 5.97 Å². The summed E-state index contributed by atoms with van der Waals surface area (Å²) in [7, 11) is 1.63. The van der Waals surface area contributed by atoms with Crippen LogP contribution in [0.4, 0.5) is 0 Å². The number of hydrogen-bond acceptors (Lipinski definition) is 3. The zero-order chi connectivity index (χ0) is 19.1. The van der Waals surface area contributed by atoms with Crippen LogP contribution in [-0.4, -0.2) is 41.6 Å². The van der Waals surface area contributed by atoms with Crippen molar-refractivity contribution in [2.24, 2.45) is 0 Å². The van der Waals surface area contributed by atoms with E-state index in [4.69, 9.17) is 9.84 Å². The smallest absolute Gasteiger partial charge is 0.335 e. The van der Waals surface area contributed by atoms with E-state index in [0.29, 0.717) is 12.1 Å². The molecule has 2 rings (SSSR count). The van der Waals surface area contributed by atoms with Crippen LogP contribution in [-0.2, 0) is 17.6 Å². The summed E-state index contributed by atoms with van der Waals surface area (Å²) < 4.78 is 5.17. The fourth-order valence-electron chi connectivity index (χ4n) is 3.04. The highest BCUT2D eigenvalue weighted by molar-refractivity contribution is 5.88. The highest BCUT2D eigenvalue weighted by Crippen LogP contribution is 2.16. The van der Waals surface area contributed by atoms with Crippen molar-refractivity contribution in [1.29, 1.82) is 0 Å². The van der Waals surface area contributed by atoms with Crippen LogP contribution >= 0.6 is 0 Å². The number of benzene rings is 2. The molecule has 0 aliphatic carbocycles. The number of rotatable bonds is 8. The van der Waals surface area contributed by atoms with Gasteiger partial charge in [0.2, 0.25) is 5.91 Å². The summed E-state index contributed by atoms with van der Waals surface area (Å²) in [5, 5.41) is 9.08. The molecule has 0 radical (unpaired) electrons. The Balaban J connectivity index is 2.04. The van der Waals surface area contributed by atoms with Crippen LogP contribution in [0, 0.1) is 0 Å². The minimum absolute atomic E-state index is 0.00366. The summed E-state index contributed by atoms with van der Waals surface area (Å²) >= 11 is 0. The number of likely N-dealkylation sites (N-methyl/N-ethyl adjacent to an activating group) is 1. The standard InChI is InChI=1S/C21H25NO4/c1-4-22(15(2)12-16-8-10-19(26-3)11-9-16)20(23)14-17-6-5-7-18(13-17)21(24)25/h5-11,13,15H,4,12,14H2,1-3H3,(H,24,25). The molecule has 0 saturated heterocycles. The number of aromatic carboxylic acids is 1. The SMILES string of the molecule is CCN(C(=O)Cc1cccc(C(=O)O)c1)C(C)Cc1ccc(OC)cc1. The molecule has 0 aromatic heterocycles. The molecule has 2 aromatic rings. The van der Waals surface area contributed by atoms with E-state index in [9.17, 15) is 9.59 Å². The van der Waals surface area contributed by atoms with Gasteiger partial charge in [0.05, 0.1) is 19.1 Å². The Morgan fingerprint density at radius 1 is 1.12 bits per heavy atom. The number of ether oxygens (including phenoxy) is 1. The Kier molecular flexibility index (Phi) is 6.78. The van der Waals surface area contributed by atoms with Gasteiger partial charge in [-0.25, -0.2) is 4.79 Å². The Hall–Kier alpha value is -2.82. The summed E-state index contributed by atoms with van der Waals surface area (Å²) in [6.45, 7) is 4.59. The van der Waals surface area contributed by atoms with E-state index in [2.05, 4.69) is 0 Å². The molecular weight excluding hydrogens is 330 g/mol. The molecule has 5 heteroatoms. The minimum atomic E-state index is -0.987. The number of methoxy groups -OCH3 is 1. The van der Waals surface area contributed by atoms with E-state index in [1.165, 1.54) is 6.07 Å². The van der Waals surface area contributed by atoms with Gasteiger partial charge in [0, 0.05) is 12.6 Å². The predicted molar refractivity (Wildman–Crippen MR) is 101 cm³/mol. The maximum absolute atomic E-state index is 12.7. The van der Waals surface area contributed by atoms with Crippen molar-refractivity contribution in [3.63, 3.8) is 0 Å². The molecule has 26 heavy (non-hydrogen) atoms. The van der Waals surface area contributed by atoms with Crippen molar-refractivity contribution in [2.45, 2.75) is 32.7 Å². The Labute approximate surface area is 154 Å². The van der Waals surface area contributed by atoms with E-state index in [1.807, 2.05) is 43.0 Å². The number of carboxylic acid groups (broad SMARTS) is 1. The summed E-state index contributed by atoms with van der Waals surface area (Å²) in [5.41, 5.74) is 2.05. The molecule has 138 valence electrons. The van der Waals surface area contributed by atoms with Crippen LogP contribution < -0.4 is 4.74 Å². The number of carbonyl (C=O) groups excluding carboxylic acids is 1. The summed E-state index contributed by atoms with van der Waals surface area (Å²) in [5.74, 6) is -0.182. The van der Waals surface area contributed by atoms with Crippen LogP contribution in [0.3, 0.4) is 0 Å². The van der Waals surface area contributed by atoms with Gasteiger partial charge in [-0.15, -0.1) is 0 Å². The van der Waals surface area contributed by atoms with E-state index in [1.54, 1.807) is 25.3 Å². The average Bonchev–Trinajstić information content (AvgIpc) is 2.63. The molecule has 0 aliphatic heterocycles. The second kappa shape index (κ2) is 9.04. The molecule has 1 amide bonds. The van der Waals surface area contributed by atoms with E-state index >= 15 is 0 Å². The summed E-state index contributed by atoms with van der Waals surface area (Å²) in [4.78, 5) is 25.6. The summed E-state index contributed by atoms with van der Waals surface area (Å²) in [6.07, 6.45) is 0.945. The lowest BCUT2D eigenvalue weighted by atomic mass is 10.0. The molecule has 2 aromatic carbocycles. The third-order valence-electron chi connectivity index (χ3n) is 4.41. The van der Waals surface area contributed by atoms with Crippen LogP contribution in [0.5, 0.6) is 5.75 Å². The van der Waals surface area contributed by atoms with Crippen molar-refractivity contribution in [2.75, 3.05) is 13.7 Å². The first-order valence-electron chi connectivity index (χ1n) is 8.69. The monoisotopic (exact) mass is 355 g/mol. The van der Waals surface area contributed by atoms with Crippen molar-refractivity contribution < 1.29 is 19.4 Å². The Morgan fingerprint density at radius 3 is 2.38 bits per heavy atom. The zero-order valence-corrected chi connectivity index (χ0v) is 15.4. The average molecular weight is 355 g/mol. The van der Waals surface area contributed by atoms with Gasteiger partial charge in [-0.05, 0) is 55.7 Å². The van der Waals surface area contributed by atoms with Crippen molar-refractivity contribution in [1.82, 2.24) is 4.90 Å². The molecular formula is C21H25NO4.